The van der Waals surface area contributed by atoms with E-state index in [0.29, 0.717) is 21.8 Å². The number of amides is 2. The molecule has 2 rings (SSSR count). The summed E-state index contributed by atoms with van der Waals surface area (Å²) in [6.07, 6.45) is -0.0582. The van der Waals surface area contributed by atoms with Crippen molar-refractivity contribution in [1.82, 2.24) is 5.32 Å². The van der Waals surface area contributed by atoms with Crippen LogP contribution < -0.4 is 10.6 Å². The van der Waals surface area contributed by atoms with E-state index in [4.69, 9.17) is 16.3 Å². The molecule has 0 spiro atoms. The smallest absolute Gasteiger partial charge is 0.307 e. The first-order valence-corrected chi connectivity index (χ1v) is 8.28. The first kappa shape index (κ1) is 19.5. The molecule has 26 heavy (non-hydrogen) atoms. The van der Waals surface area contributed by atoms with Gasteiger partial charge in [-0.25, -0.2) is 0 Å². The number of carbonyl (C=O) groups excluding carboxylic acids is 3. The van der Waals surface area contributed by atoms with Crippen molar-refractivity contribution in [2.75, 3.05) is 12.4 Å². The molecule has 0 fully saturated rings. The third-order valence-corrected chi connectivity index (χ3v) is 3.97. The zero-order chi connectivity index (χ0) is 19.1. The van der Waals surface area contributed by atoms with Gasteiger partial charge in [-0.05, 0) is 29.8 Å². The van der Waals surface area contributed by atoms with Crippen LogP contribution in [0.15, 0.2) is 48.5 Å². The van der Waals surface area contributed by atoms with Crippen molar-refractivity contribution in [3.8, 4) is 0 Å². The summed E-state index contributed by atoms with van der Waals surface area (Å²) in [5, 5.41) is 5.86. The number of halogens is 1. The summed E-state index contributed by atoms with van der Waals surface area (Å²) < 4.78 is 4.71. The Bertz CT molecular complexity index is 823. The van der Waals surface area contributed by atoms with E-state index < -0.39 is 17.9 Å². The van der Waals surface area contributed by atoms with E-state index in [-0.39, 0.29) is 12.3 Å². The molecule has 0 saturated carbocycles. The molecular formula is C19H19ClN2O4. The molecule has 0 bridgehead atoms. The normalized spacial score (nSPS) is 11.3. The molecule has 2 aromatic carbocycles. The minimum absolute atomic E-state index is 0.0582. The molecule has 0 radical (unpaired) electrons. The Morgan fingerprint density at radius 2 is 1.85 bits per heavy atom. The highest BCUT2D eigenvalue weighted by Gasteiger charge is 2.21. The lowest BCUT2D eigenvalue weighted by Gasteiger charge is -2.19. The quantitative estimate of drug-likeness (QED) is 0.759. The standard InChI is InChI=1S/C19H19ClN2O4/c1-12(23)21-14-7-5-6-13(10-14)19(25)22-17(11-18(24)26-2)15-8-3-4-9-16(15)20/h3-10,17H,11H2,1-2H3,(H,21,23)(H,22,25)/t17-/m1/s1. The van der Waals surface area contributed by atoms with Crippen LogP contribution >= 0.6 is 11.6 Å². The second-order valence-electron chi connectivity index (χ2n) is 5.59. The van der Waals surface area contributed by atoms with Gasteiger partial charge in [-0.2, -0.15) is 0 Å². The maximum Gasteiger partial charge on any atom is 0.307 e. The summed E-state index contributed by atoms with van der Waals surface area (Å²) in [6.45, 7) is 1.39. The van der Waals surface area contributed by atoms with Crippen molar-refractivity contribution in [3.63, 3.8) is 0 Å². The monoisotopic (exact) mass is 374 g/mol. The van der Waals surface area contributed by atoms with E-state index >= 15 is 0 Å². The molecular weight excluding hydrogens is 356 g/mol. The third kappa shape index (κ3) is 5.32. The van der Waals surface area contributed by atoms with Crippen molar-refractivity contribution in [2.45, 2.75) is 19.4 Å². The molecule has 0 heterocycles. The lowest BCUT2D eigenvalue weighted by Crippen LogP contribution is -2.30. The van der Waals surface area contributed by atoms with E-state index in [1.807, 2.05) is 0 Å². The highest BCUT2D eigenvalue weighted by Crippen LogP contribution is 2.26. The minimum atomic E-state index is -0.645. The van der Waals surface area contributed by atoms with Crippen molar-refractivity contribution < 1.29 is 19.1 Å². The van der Waals surface area contributed by atoms with Gasteiger partial charge in [0, 0.05) is 23.2 Å². The lowest BCUT2D eigenvalue weighted by molar-refractivity contribution is -0.141. The van der Waals surface area contributed by atoms with E-state index in [9.17, 15) is 14.4 Å². The van der Waals surface area contributed by atoms with Crippen LogP contribution in [0.2, 0.25) is 5.02 Å². The Balaban J connectivity index is 2.25. The van der Waals surface area contributed by atoms with Crippen molar-refractivity contribution in [3.05, 3.63) is 64.7 Å². The topological polar surface area (TPSA) is 84.5 Å². The van der Waals surface area contributed by atoms with Gasteiger partial charge in [-0.1, -0.05) is 35.9 Å². The first-order chi connectivity index (χ1) is 12.4. The molecule has 2 aromatic rings. The van der Waals surface area contributed by atoms with Gasteiger partial charge in [0.1, 0.15) is 0 Å². The summed E-state index contributed by atoms with van der Waals surface area (Å²) >= 11 is 6.21. The molecule has 6 nitrogen and oxygen atoms in total. The molecule has 0 unspecified atom stereocenters. The van der Waals surface area contributed by atoms with Gasteiger partial charge in [0.25, 0.3) is 5.91 Å². The number of nitrogens with one attached hydrogen (secondary N) is 2. The molecule has 0 saturated heterocycles. The largest absolute Gasteiger partial charge is 0.469 e. The predicted octanol–water partition coefficient (Wildman–Crippen LogP) is 3.33. The van der Waals surface area contributed by atoms with Gasteiger partial charge in [-0.15, -0.1) is 0 Å². The van der Waals surface area contributed by atoms with Crippen LogP contribution in [0.25, 0.3) is 0 Å². The fourth-order valence-electron chi connectivity index (χ4n) is 2.43. The number of rotatable bonds is 6. The zero-order valence-corrected chi connectivity index (χ0v) is 15.2. The zero-order valence-electron chi connectivity index (χ0n) is 14.4. The molecule has 1 atom stereocenters. The Morgan fingerprint density at radius 1 is 1.12 bits per heavy atom. The molecule has 0 aliphatic heterocycles. The van der Waals surface area contributed by atoms with Gasteiger partial charge >= 0.3 is 5.97 Å². The molecule has 0 aliphatic carbocycles. The van der Waals surface area contributed by atoms with Gasteiger partial charge in [-0.3, -0.25) is 14.4 Å². The predicted molar refractivity (Wildman–Crippen MR) is 99.0 cm³/mol. The summed E-state index contributed by atoms with van der Waals surface area (Å²) in [5.74, 6) is -1.10. The maximum atomic E-state index is 12.6. The third-order valence-electron chi connectivity index (χ3n) is 3.63. The van der Waals surface area contributed by atoms with Gasteiger partial charge in [0.05, 0.1) is 19.6 Å². The van der Waals surface area contributed by atoms with E-state index in [0.717, 1.165) is 0 Å². The second kappa shape index (κ2) is 9.01. The summed E-state index contributed by atoms with van der Waals surface area (Å²) in [6, 6.07) is 12.8. The number of esters is 1. The highest BCUT2D eigenvalue weighted by molar-refractivity contribution is 6.31. The Hall–Kier alpha value is -2.86. The van der Waals surface area contributed by atoms with Crippen LogP contribution in [0.1, 0.15) is 35.3 Å². The Kier molecular flexibility index (Phi) is 6.74. The van der Waals surface area contributed by atoms with Crippen LogP contribution in [-0.2, 0) is 14.3 Å². The van der Waals surface area contributed by atoms with Crippen LogP contribution in [0.3, 0.4) is 0 Å². The van der Waals surface area contributed by atoms with Crippen LogP contribution in [0.4, 0.5) is 5.69 Å². The number of hydrogen-bond donors (Lipinski definition) is 2. The van der Waals surface area contributed by atoms with Crippen LogP contribution in [0, 0.1) is 0 Å². The molecule has 136 valence electrons. The van der Waals surface area contributed by atoms with E-state index in [1.54, 1.807) is 48.5 Å². The second-order valence-corrected chi connectivity index (χ2v) is 6.00. The molecule has 7 heteroatoms. The van der Waals surface area contributed by atoms with Gasteiger partial charge < -0.3 is 15.4 Å². The lowest BCUT2D eigenvalue weighted by atomic mass is 10.0. The average Bonchev–Trinajstić information content (AvgIpc) is 2.61. The Morgan fingerprint density at radius 3 is 2.50 bits per heavy atom. The van der Waals surface area contributed by atoms with Crippen LogP contribution in [0.5, 0.6) is 0 Å². The van der Waals surface area contributed by atoms with Crippen molar-refractivity contribution in [2.24, 2.45) is 0 Å². The fraction of sp³-hybridized carbons (Fsp3) is 0.211. The number of benzene rings is 2. The average molecular weight is 375 g/mol. The molecule has 0 aliphatic rings. The van der Waals surface area contributed by atoms with Crippen molar-refractivity contribution in [1.29, 1.82) is 0 Å². The highest BCUT2D eigenvalue weighted by atomic mass is 35.5. The van der Waals surface area contributed by atoms with Crippen LogP contribution in [-0.4, -0.2) is 24.9 Å². The fourth-order valence-corrected chi connectivity index (χ4v) is 2.70. The number of methoxy groups -OCH3 is 1. The molecule has 0 aromatic heterocycles. The molecule has 2 N–H and O–H groups in total. The van der Waals surface area contributed by atoms with E-state index in [2.05, 4.69) is 10.6 Å². The summed E-state index contributed by atoms with van der Waals surface area (Å²) in [5.41, 5.74) is 1.47. The van der Waals surface area contributed by atoms with Gasteiger partial charge in [0.15, 0.2) is 0 Å². The number of anilines is 1. The minimum Gasteiger partial charge on any atom is -0.469 e. The molecule has 2 amide bonds. The number of hydrogen-bond acceptors (Lipinski definition) is 4. The first-order valence-electron chi connectivity index (χ1n) is 7.90. The number of ether oxygens (including phenoxy) is 1. The summed E-state index contributed by atoms with van der Waals surface area (Å²) in [7, 11) is 1.28. The SMILES string of the molecule is COC(=O)C[C@@H](NC(=O)c1cccc(NC(C)=O)c1)c1ccccc1Cl. The van der Waals surface area contributed by atoms with E-state index in [1.165, 1.54) is 14.0 Å². The van der Waals surface area contributed by atoms with Gasteiger partial charge in [0.2, 0.25) is 5.91 Å². The maximum absolute atomic E-state index is 12.6. The Labute approximate surface area is 156 Å². The summed E-state index contributed by atoms with van der Waals surface area (Å²) in [4.78, 5) is 35.5. The van der Waals surface area contributed by atoms with Crippen molar-refractivity contribution >= 4 is 35.1 Å². The number of carbonyl (C=O) groups is 3.